The first-order chi connectivity index (χ1) is 21.0. The Morgan fingerprint density at radius 1 is 1.07 bits per heavy atom. The van der Waals surface area contributed by atoms with Crippen LogP contribution in [0.5, 0.6) is 5.75 Å². The number of amides is 3. The van der Waals surface area contributed by atoms with Crippen LogP contribution in [0.25, 0.3) is 17.1 Å². The molecule has 1 aliphatic heterocycles. The van der Waals surface area contributed by atoms with E-state index in [-0.39, 0.29) is 17.4 Å². The Morgan fingerprint density at radius 2 is 1.80 bits per heavy atom. The van der Waals surface area contributed by atoms with Gasteiger partial charge in [0.15, 0.2) is 11.0 Å². The molecule has 4 aromatic rings. The minimum Gasteiger partial charge on any atom is -0.406 e. The molecular formula is C31H29F3N6O3S. The summed E-state index contributed by atoms with van der Waals surface area (Å²) in [5, 5.41) is 7.63. The number of halogens is 3. The molecule has 3 aromatic carbocycles. The van der Waals surface area contributed by atoms with Gasteiger partial charge >= 0.3 is 12.4 Å². The lowest BCUT2D eigenvalue weighted by molar-refractivity contribution is -0.274. The minimum absolute atomic E-state index is 0.107. The predicted octanol–water partition coefficient (Wildman–Crippen LogP) is 6.54. The Bertz CT molecular complexity index is 1700. The summed E-state index contributed by atoms with van der Waals surface area (Å²) in [6.07, 6.45) is -1.95. The molecule has 13 heteroatoms. The van der Waals surface area contributed by atoms with Gasteiger partial charge in [-0.15, -0.1) is 18.3 Å². The molecule has 1 N–H and O–H groups in total. The number of hydrogen-bond acceptors (Lipinski definition) is 6. The van der Waals surface area contributed by atoms with E-state index in [1.54, 1.807) is 0 Å². The van der Waals surface area contributed by atoms with Gasteiger partial charge in [0.2, 0.25) is 5.91 Å². The molecule has 0 spiro atoms. The highest BCUT2D eigenvalue weighted by atomic mass is 32.2. The molecule has 1 saturated heterocycles. The number of urea groups is 1. The first-order valence-corrected chi connectivity index (χ1v) is 14.7. The molecule has 0 aliphatic carbocycles. The quantitative estimate of drug-likeness (QED) is 0.224. The van der Waals surface area contributed by atoms with Crippen molar-refractivity contribution in [3.8, 4) is 22.8 Å². The van der Waals surface area contributed by atoms with Crippen molar-refractivity contribution < 1.29 is 27.5 Å². The number of amidine groups is 1. The highest BCUT2D eigenvalue weighted by Crippen LogP contribution is 2.33. The number of nitrogens with zero attached hydrogens (tertiary/aromatic N) is 5. The summed E-state index contributed by atoms with van der Waals surface area (Å²) in [6.45, 7) is 6.28. The van der Waals surface area contributed by atoms with Gasteiger partial charge in [0, 0.05) is 12.1 Å². The monoisotopic (exact) mass is 622 g/mol. The van der Waals surface area contributed by atoms with E-state index >= 15 is 0 Å². The van der Waals surface area contributed by atoms with Crippen LogP contribution in [0.2, 0.25) is 0 Å². The fourth-order valence-electron chi connectivity index (χ4n) is 4.99. The summed E-state index contributed by atoms with van der Waals surface area (Å²) in [4.78, 5) is 35.4. The summed E-state index contributed by atoms with van der Waals surface area (Å²) in [6, 6.07) is 16.5. The van der Waals surface area contributed by atoms with E-state index in [4.69, 9.17) is 0 Å². The second-order valence-electron chi connectivity index (χ2n) is 10.2. The minimum atomic E-state index is -4.76. The van der Waals surface area contributed by atoms with Crippen LogP contribution >= 0.6 is 11.8 Å². The Kier molecular flexibility index (Phi) is 9.04. The molecule has 1 aliphatic rings. The Hall–Kier alpha value is -4.65. The van der Waals surface area contributed by atoms with E-state index in [0.29, 0.717) is 36.1 Å². The molecule has 228 valence electrons. The lowest BCUT2D eigenvalue weighted by atomic mass is 10.0. The maximum atomic E-state index is 12.7. The molecule has 0 unspecified atom stereocenters. The number of anilines is 1. The number of rotatable bonds is 8. The highest BCUT2D eigenvalue weighted by Gasteiger charge is 2.33. The van der Waals surface area contributed by atoms with Gasteiger partial charge in [0.25, 0.3) is 0 Å². The zero-order chi connectivity index (χ0) is 31.4. The average molecular weight is 623 g/mol. The molecule has 0 radical (unpaired) electrons. The molecule has 9 nitrogen and oxygen atoms in total. The van der Waals surface area contributed by atoms with Gasteiger partial charge in [-0.3, -0.25) is 9.69 Å². The van der Waals surface area contributed by atoms with Crippen molar-refractivity contribution in [1.29, 1.82) is 0 Å². The van der Waals surface area contributed by atoms with Crippen LogP contribution in [-0.4, -0.2) is 50.5 Å². The van der Waals surface area contributed by atoms with Crippen molar-refractivity contribution in [3.05, 3.63) is 89.2 Å². The number of alkyl halides is 3. The van der Waals surface area contributed by atoms with Crippen LogP contribution < -0.4 is 15.0 Å². The van der Waals surface area contributed by atoms with Crippen LogP contribution in [0, 0.1) is 20.8 Å². The molecule has 44 heavy (non-hydrogen) atoms. The van der Waals surface area contributed by atoms with E-state index in [0.717, 1.165) is 33.5 Å². The first-order valence-electron chi connectivity index (χ1n) is 13.7. The number of aryl methyl sites for hydroxylation is 4. The summed E-state index contributed by atoms with van der Waals surface area (Å²) in [5.74, 6) is 0.258. The van der Waals surface area contributed by atoms with Crippen LogP contribution in [-0.2, 0) is 11.2 Å². The number of benzene rings is 3. The second kappa shape index (κ2) is 12.9. The summed E-state index contributed by atoms with van der Waals surface area (Å²) < 4.78 is 42.6. The van der Waals surface area contributed by atoms with Crippen LogP contribution in [0.1, 0.15) is 28.7 Å². The van der Waals surface area contributed by atoms with Crippen LogP contribution in [0.15, 0.2) is 72.0 Å². The molecule has 2 heterocycles. The molecule has 0 bridgehead atoms. The average Bonchev–Trinajstić information content (AvgIpc) is 3.58. The zero-order valence-corrected chi connectivity index (χ0v) is 25.0. The molecule has 1 fully saturated rings. The van der Waals surface area contributed by atoms with Gasteiger partial charge in [0.1, 0.15) is 12.1 Å². The molecule has 0 atom stereocenters. The number of ether oxygens (including phenoxy) is 1. The normalized spacial score (nSPS) is 14.4. The van der Waals surface area contributed by atoms with Gasteiger partial charge < -0.3 is 10.1 Å². The van der Waals surface area contributed by atoms with E-state index < -0.39 is 12.4 Å². The Labute approximate surface area is 256 Å². The van der Waals surface area contributed by atoms with Crippen molar-refractivity contribution in [3.63, 3.8) is 0 Å². The highest BCUT2D eigenvalue weighted by molar-refractivity contribution is 8.15. The van der Waals surface area contributed by atoms with E-state index in [1.165, 1.54) is 51.9 Å². The second-order valence-corrected chi connectivity index (χ2v) is 11.2. The smallest absolute Gasteiger partial charge is 0.406 e. The maximum Gasteiger partial charge on any atom is 0.573 e. The number of aliphatic imine (C=N–C) groups is 1. The summed E-state index contributed by atoms with van der Waals surface area (Å²) >= 11 is 1.25. The fourth-order valence-corrected chi connectivity index (χ4v) is 5.84. The third kappa shape index (κ3) is 7.46. The molecule has 3 amide bonds. The number of nitrogens with one attached hydrogen (secondary N) is 1. The number of aromatic nitrogens is 3. The number of carbonyl (C=O) groups is 2. The van der Waals surface area contributed by atoms with Crippen molar-refractivity contribution in [2.24, 2.45) is 4.99 Å². The van der Waals surface area contributed by atoms with Crippen molar-refractivity contribution in [2.45, 2.75) is 40.0 Å². The molecule has 5 rings (SSSR count). The summed E-state index contributed by atoms with van der Waals surface area (Å²) in [7, 11) is 0. The molecule has 0 saturated carbocycles. The van der Waals surface area contributed by atoms with Gasteiger partial charge in [-0.05, 0) is 80.6 Å². The number of carbonyl (C=O) groups excluding carboxylic acids is 2. The van der Waals surface area contributed by atoms with E-state index in [2.05, 4.69) is 25.1 Å². The van der Waals surface area contributed by atoms with E-state index in [9.17, 15) is 22.8 Å². The lowest BCUT2D eigenvalue weighted by Gasteiger charge is -2.21. The first kappa shape index (κ1) is 30.8. The summed E-state index contributed by atoms with van der Waals surface area (Å²) in [5.41, 5.74) is 6.09. The van der Waals surface area contributed by atoms with Gasteiger partial charge in [0.05, 0.1) is 17.1 Å². The van der Waals surface area contributed by atoms with Crippen molar-refractivity contribution >= 4 is 34.6 Å². The van der Waals surface area contributed by atoms with Gasteiger partial charge in [-0.25, -0.2) is 14.5 Å². The Balaban J connectivity index is 1.16. The topological polar surface area (TPSA) is 102 Å². The predicted molar refractivity (Wildman–Crippen MR) is 163 cm³/mol. The third-order valence-corrected chi connectivity index (χ3v) is 7.68. The van der Waals surface area contributed by atoms with Crippen LogP contribution in [0.4, 0.5) is 23.7 Å². The van der Waals surface area contributed by atoms with Gasteiger partial charge in [-0.1, -0.05) is 47.7 Å². The third-order valence-electron chi connectivity index (χ3n) is 6.75. The molecule has 1 aromatic heterocycles. The van der Waals surface area contributed by atoms with Crippen molar-refractivity contribution in [1.82, 2.24) is 20.1 Å². The lowest BCUT2D eigenvalue weighted by Crippen LogP contribution is -2.32. The fraction of sp³-hybridized carbons (Fsp3) is 0.258. The standard InChI is InChI=1S/C31H29F3N6O3S/c1-19-14-20(2)27(21(3)15-19)40-26(41)17-44-30(40)37-29(42)35-13-5-7-22-6-4-8-23(16-22)28-36-18-39(38-28)24-9-11-25(12-10-24)43-31(32,33)34/h4,6,8-12,14-16,18H,5,7,13,17H2,1-3H3,(H,35,42)/b37-30-. The molecular weight excluding hydrogens is 593 g/mol. The van der Waals surface area contributed by atoms with E-state index in [1.807, 2.05) is 57.2 Å². The maximum absolute atomic E-state index is 12.7. The van der Waals surface area contributed by atoms with Crippen molar-refractivity contribution in [2.75, 3.05) is 17.2 Å². The largest absolute Gasteiger partial charge is 0.573 e. The number of thioether (sulfide) groups is 1. The zero-order valence-electron chi connectivity index (χ0n) is 24.2. The number of hydrogen-bond donors (Lipinski definition) is 1. The Morgan fingerprint density at radius 3 is 2.50 bits per heavy atom. The van der Waals surface area contributed by atoms with Gasteiger partial charge in [-0.2, -0.15) is 4.99 Å². The SMILES string of the molecule is Cc1cc(C)c(N2C(=O)CS/C2=N\C(=O)NCCCc2cccc(-c3ncn(-c4ccc(OC(F)(F)F)cc4)n3)c2)c(C)c1. The van der Waals surface area contributed by atoms with Crippen LogP contribution in [0.3, 0.4) is 0 Å².